The van der Waals surface area contributed by atoms with Gasteiger partial charge in [-0.3, -0.25) is 0 Å². The zero-order valence-corrected chi connectivity index (χ0v) is 13.9. The summed E-state index contributed by atoms with van der Waals surface area (Å²) in [5.74, 6) is 1.78. The van der Waals surface area contributed by atoms with Gasteiger partial charge in [0.25, 0.3) is 0 Å². The van der Waals surface area contributed by atoms with Crippen LogP contribution in [-0.2, 0) is 16.8 Å². The molecule has 1 atom stereocenters. The molecule has 2 fully saturated rings. The van der Waals surface area contributed by atoms with Crippen LogP contribution in [0.1, 0.15) is 36.2 Å². The quantitative estimate of drug-likeness (QED) is 0.850. The second-order valence-corrected chi connectivity index (χ2v) is 7.53. The third kappa shape index (κ3) is 2.40. The van der Waals surface area contributed by atoms with Gasteiger partial charge in [-0.15, -0.1) is 0 Å². The third-order valence-electron chi connectivity index (χ3n) is 5.38. The first-order valence-corrected chi connectivity index (χ1v) is 8.43. The van der Waals surface area contributed by atoms with E-state index in [9.17, 15) is 0 Å². The summed E-state index contributed by atoms with van der Waals surface area (Å²) in [6.45, 7) is 7.11. The molecule has 1 saturated carbocycles. The first kappa shape index (κ1) is 14.4. The van der Waals surface area contributed by atoms with E-state index >= 15 is 0 Å². The summed E-state index contributed by atoms with van der Waals surface area (Å²) in [7, 11) is 4.03. The van der Waals surface area contributed by atoms with Gasteiger partial charge in [0.1, 0.15) is 0 Å². The summed E-state index contributed by atoms with van der Waals surface area (Å²) >= 11 is 0. The zero-order valence-electron chi connectivity index (χ0n) is 13.9. The maximum Gasteiger partial charge on any atom is 0.225 e. The summed E-state index contributed by atoms with van der Waals surface area (Å²) in [6.07, 6.45) is 4.00. The van der Waals surface area contributed by atoms with Crippen LogP contribution in [0.25, 0.3) is 0 Å². The number of rotatable bonds is 3. The highest BCUT2D eigenvalue weighted by atomic mass is 16.5. The van der Waals surface area contributed by atoms with Crippen LogP contribution in [0.5, 0.6) is 0 Å². The minimum Gasteiger partial charge on any atom is -0.376 e. The summed E-state index contributed by atoms with van der Waals surface area (Å²) in [6, 6.07) is 0. The molecule has 0 radical (unpaired) electrons. The molecule has 0 unspecified atom stereocenters. The molecule has 5 nitrogen and oxygen atoms in total. The first-order chi connectivity index (χ1) is 10.6. The molecule has 0 amide bonds. The molecular weight excluding hydrogens is 276 g/mol. The third-order valence-corrected chi connectivity index (χ3v) is 5.38. The molecule has 0 N–H and O–H groups in total. The lowest BCUT2D eigenvalue weighted by atomic mass is 9.80. The number of aromatic nitrogens is 2. The average Bonchev–Trinajstić information content (AvgIpc) is 3.21. The van der Waals surface area contributed by atoms with Crippen LogP contribution in [-0.4, -0.2) is 55.2 Å². The second-order valence-electron chi connectivity index (χ2n) is 7.53. The highest BCUT2D eigenvalue weighted by Gasteiger charge is 2.46. The van der Waals surface area contributed by atoms with E-state index in [-0.39, 0.29) is 5.41 Å². The monoisotopic (exact) mass is 302 g/mol. The van der Waals surface area contributed by atoms with Gasteiger partial charge in [-0.25, -0.2) is 9.97 Å². The highest BCUT2D eigenvalue weighted by molar-refractivity contribution is 5.41. The Morgan fingerprint density at radius 2 is 2.14 bits per heavy atom. The van der Waals surface area contributed by atoms with Crippen LogP contribution in [0.4, 0.5) is 5.95 Å². The Bertz CT molecular complexity index is 584. The molecule has 22 heavy (non-hydrogen) atoms. The van der Waals surface area contributed by atoms with Gasteiger partial charge < -0.3 is 14.5 Å². The van der Waals surface area contributed by atoms with E-state index in [0.717, 1.165) is 37.1 Å². The normalized spacial score (nSPS) is 28.1. The molecular formula is C17H26N4O. The minimum absolute atomic E-state index is 0.0843. The fourth-order valence-electron chi connectivity index (χ4n) is 3.90. The number of aryl methyl sites for hydroxylation is 1. The Labute approximate surface area is 132 Å². The van der Waals surface area contributed by atoms with E-state index in [0.29, 0.717) is 6.61 Å². The van der Waals surface area contributed by atoms with Crippen LogP contribution >= 0.6 is 0 Å². The summed E-state index contributed by atoms with van der Waals surface area (Å²) in [4.78, 5) is 14.2. The first-order valence-electron chi connectivity index (χ1n) is 8.43. The second kappa shape index (κ2) is 5.17. The van der Waals surface area contributed by atoms with Crippen LogP contribution in [0.3, 0.4) is 0 Å². The molecule has 120 valence electrons. The lowest BCUT2D eigenvalue weighted by Gasteiger charge is -2.35. The molecule has 2 aliphatic heterocycles. The maximum absolute atomic E-state index is 5.96. The number of nitrogens with zero attached hydrogens (tertiary/aromatic N) is 4. The number of anilines is 1. The number of likely N-dealkylation sites (tertiary alicyclic amines) is 1. The number of hydrogen-bond acceptors (Lipinski definition) is 5. The van der Waals surface area contributed by atoms with Crippen molar-refractivity contribution in [1.29, 1.82) is 0 Å². The van der Waals surface area contributed by atoms with Gasteiger partial charge in [0.05, 0.1) is 24.3 Å². The van der Waals surface area contributed by atoms with E-state index in [2.05, 4.69) is 16.8 Å². The molecule has 1 aromatic heterocycles. The molecule has 0 bridgehead atoms. The number of hydrogen-bond donors (Lipinski definition) is 0. The van der Waals surface area contributed by atoms with E-state index in [1.807, 2.05) is 19.0 Å². The minimum atomic E-state index is 0.0843. The van der Waals surface area contributed by atoms with Crippen LogP contribution in [0, 0.1) is 12.8 Å². The summed E-state index contributed by atoms with van der Waals surface area (Å²) < 4.78 is 5.96. The van der Waals surface area contributed by atoms with Crippen molar-refractivity contribution in [3.8, 4) is 0 Å². The molecule has 5 heteroatoms. The predicted octanol–water partition coefficient (Wildman–Crippen LogP) is 1.73. The SMILES string of the molecule is Cc1nc(N(C)C)nc2c1COC[C@@]21CCN(CC2CC2)C1. The molecule has 4 rings (SSSR count). The fourth-order valence-corrected chi connectivity index (χ4v) is 3.90. The van der Waals surface area contributed by atoms with Gasteiger partial charge in [0.2, 0.25) is 5.95 Å². The van der Waals surface area contributed by atoms with Gasteiger partial charge in [-0.2, -0.15) is 0 Å². The van der Waals surface area contributed by atoms with Crippen molar-refractivity contribution >= 4 is 5.95 Å². The van der Waals surface area contributed by atoms with Crippen molar-refractivity contribution in [2.75, 3.05) is 45.2 Å². The van der Waals surface area contributed by atoms with Crippen molar-refractivity contribution in [3.05, 3.63) is 17.0 Å². The molecule has 0 aromatic carbocycles. The molecule has 1 spiro atoms. The van der Waals surface area contributed by atoms with Crippen molar-refractivity contribution in [1.82, 2.24) is 14.9 Å². The zero-order chi connectivity index (χ0) is 15.3. The Kier molecular flexibility index (Phi) is 3.38. The predicted molar refractivity (Wildman–Crippen MR) is 86.2 cm³/mol. The number of fused-ring (bicyclic) bond motifs is 2. The van der Waals surface area contributed by atoms with Crippen molar-refractivity contribution in [2.45, 2.75) is 38.2 Å². The Balaban J connectivity index is 1.68. The van der Waals surface area contributed by atoms with Gasteiger partial charge in [0.15, 0.2) is 0 Å². The van der Waals surface area contributed by atoms with Crippen LogP contribution in [0.2, 0.25) is 0 Å². The van der Waals surface area contributed by atoms with Crippen molar-refractivity contribution < 1.29 is 4.74 Å². The van der Waals surface area contributed by atoms with E-state index in [4.69, 9.17) is 9.72 Å². The molecule has 1 aliphatic carbocycles. The van der Waals surface area contributed by atoms with Crippen LogP contribution in [0.15, 0.2) is 0 Å². The molecule has 1 saturated heterocycles. The van der Waals surface area contributed by atoms with Crippen molar-refractivity contribution in [3.63, 3.8) is 0 Å². The molecule has 1 aromatic rings. The Hall–Kier alpha value is -1.20. The Morgan fingerprint density at radius 3 is 2.86 bits per heavy atom. The molecule has 3 aliphatic rings. The lowest BCUT2D eigenvalue weighted by molar-refractivity contribution is 0.0499. The summed E-state index contributed by atoms with van der Waals surface area (Å²) in [5.41, 5.74) is 3.65. The largest absolute Gasteiger partial charge is 0.376 e. The lowest BCUT2D eigenvalue weighted by Crippen LogP contribution is -2.41. The molecule has 3 heterocycles. The fraction of sp³-hybridized carbons (Fsp3) is 0.765. The maximum atomic E-state index is 5.96. The summed E-state index contributed by atoms with van der Waals surface area (Å²) in [5, 5.41) is 0. The van der Waals surface area contributed by atoms with Gasteiger partial charge in [-0.1, -0.05) is 0 Å². The van der Waals surface area contributed by atoms with Gasteiger partial charge in [-0.05, 0) is 38.6 Å². The van der Waals surface area contributed by atoms with Gasteiger partial charge in [0, 0.05) is 38.4 Å². The highest BCUT2D eigenvalue weighted by Crippen LogP contribution is 2.41. The van der Waals surface area contributed by atoms with Gasteiger partial charge >= 0.3 is 0 Å². The Morgan fingerprint density at radius 1 is 1.32 bits per heavy atom. The van der Waals surface area contributed by atoms with Crippen molar-refractivity contribution in [2.24, 2.45) is 5.92 Å². The van der Waals surface area contributed by atoms with E-state index < -0.39 is 0 Å². The van der Waals surface area contributed by atoms with Crippen LogP contribution < -0.4 is 4.90 Å². The standard InChI is InChI=1S/C17H26N4O/c1-12-14-9-22-11-17(15(14)19-16(18-12)20(2)3)6-7-21(10-17)8-13-4-5-13/h13H,4-11H2,1-3H3/t17-/m0/s1. The van der Waals surface area contributed by atoms with E-state index in [1.165, 1.54) is 37.2 Å². The average molecular weight is 302 g/mol. The van der Waals surface area contributed by atoms with E-state index in [1.54, 1.807) is 0 Å². The number of ether oxygens (including phenoxy) is 1. The topological polar surface area (TPSA) is 41.5 Å². The smallest absolute Gasteiger partial charge is 0.225 e.